The number of hydrogen-bond acceptors (Lipinski definition) is 2. The van der Waals surface area contributed by atoms with Gasteiger partial charge in [-0.05, 0) is 52.4 Å². The third kappa shape index (κ3) is 3.68. The Morgan fingerprint density at radius 3 is 2.76 bits per heavy atom. The van der Waals surface area contributed by atoms with E-state index in [2.05, 4.69) is 19.9 Å². The molecule has 0 aromatic carbocycles. The molecule has 0 aromatic rings. The van der Waals surface area contributed by atoms with Crippen LogP contribution in [0.4, 0.5) is 0 Å². The van der Waals surface area contributed by atoms with Crippen LogP contribution in [0, 0.1) is 5.92 Å². The highest BCUT2D eigenvalue weighted by atomic mass is 16.3. The highest BCUT2D eigenvalue weighted by molar-refractivity contribution is 5.14. The molecule has 0 amide bonds. The molecule has 0 spiro atoms. The number of aliphatic hydroxyl groups is 2. The Morgan fingerprint density at radius 2 is 2.24 bits per heavy atom. The fourth-order valence-corrected chi connectivity index (χ4v) is 2.45. The van der Waals surface area contributed by atoms with Crippen LogP contribution in [0.3, 0.4) is 0 Å². The largest absolute Gasteiger partial charge is 0.387 e. The van der Waals surface area contributed by atoms with Gasteiger partial charge in [-0.15, -0.1) is 0 Å². The van der Waals surface area contributed by atoms with E-state index in [4.69, 9.17) is 0 Å². The van der Waals surface area contributed by atoms with E-state index in [9.17, 15) is 10.2 Å². The zero-order chi connectivity index (χ0) is 13.1. The molecule has 2 heteroatoms. The maximum Gasteiger partial charge on any atom is 0.101 e. The van der Waals surface area contributed by atoms with Crippen molar-refractivity contribution in [2.24, 2.45) is 5.92 Å². The Labute approximate surface area is 105 Å². The van der Waals surface area contributed by atoms with Crippen molar-refractivity contribution in [2.45, 2.75) is 65.1 Å². The minimum absolute atomic E-state index is 0.123. The number of allylic oxidation sites excluding steroid dienone is 3. The Morgan fingerprint density at radius 1 is 1.59 bits per heavy atom. The van der Waals surface area contributed by atoms with Crippen LogP contribution in [-0.4, -0.2) is 21.9 Å². The molecule has 0 aromatic heterocycles. The summed E-state index contributed by atoms with van der Waals surface area (Å²) in [6.45, 7) is 8.22. The molecule has 3 unspecified atom stereocenters. The maximum atomic E-state index is 10.6. The molecule has 0 fully saturated rings. The van der Waals surface area contributed by atoms with Gasteiger partial charge in [-0.1, -0.05) is 30.2 Å². The molecule has 2 N–H and O–H groups in total. The summed E-state index contributed by atoms with van der Waals surface area (Å²) in [7, 11) is 0. The molecule has 1 aliphatic rings. The summed E-state index contributed by atoms with van der Waals surface area (Å²) in [6, 6.07) is 0. The van der Waals surface area contributed by atoms with Crippen molar-refractivity contribution >= 4 is 0 Å². The van der Waals surface area contributed by atoms with Crippen LogP contribution in [0.15, 0.2) is 23.3 Å². The van der Waals surface area contributed by atoms with E-state index in [0.29, 0.717) is 6.42 Å². The average Bonchev–Trinajstić information content (AvgIpc) is 2.23. The molecule has 0 aliphatic heterocycles. The van der Waals surface area contributed by atoms with Gasteiger partial charge in [0.2, 0.25) is 0 Å². The molecule has 0 radical (unpaired) electrons. The summed E-state index contributed by atoms with van der Waals surface area (Å²) < 4.78 is 0. The summed E-state index contributed by atoms with van der Waals surface area (Å²) in [5.41, 5.74) is 1.55. The van der Waals surface area contributed by atoms with Gasteiger partial charge in [0, 0.05) is 0 Å². The second kappa shape index (κ2) is 5.83. The molecule has 3 atom stereocenters. The van der Waals surface area contributed by atoms with Gasteiger partial charge in [0.15, 0.2) is 0 Å². The normalized spacial score (nSPS) is 30.7. The van der Waals surface area contributed by atoms with E-state index < -0.39 is 11.7 Å². The van der Waals surface area contributed by atoms with Gasteiger partial charge in [-0.2, -0.15) is 0 Å². The van der Waals surface area contributed by atoms with Crippen LogP contribution in [0.1, 0.15) is 53.4 Å². The standard InChI is InChI=1S/C15H26O2/c1-11(2)6-5-7-13(4)15(17)9-8-12(3)10-14(15)16/h6,10,13-14,16-17H,5,7-9H2,1-4H3. The van der Waals surface area contributed by atoms with Crippen LogP contribution in [-0.2, 0) is 0 Å². The summed E-state index contributed by atoms with van der Waals surface area (Å²) in [5, 5.41) is 20.6. The molecule has 98 valence electrons. The van der Waals surface area contributed by atoms with Crippen LogP contribution < -0.4 is 0 Å². The van der Waals surface area contributed by atoms with Gasteiger partial charge in [0.05, 0.1) is 5.60 Å². The molecule has 2 nitrogen and oxygen atoms in total. The quantitative estimate of drug-likeness (QED) is 0.738. The minimum atomic E-state index is -0.936. The first kappa shape index (κ1) is 14.5. The first-order chi connectivity index (χ1) is 7.86. The summed E-state index contributed by atoms with van der Waals surface area (Å²) in [5.74, 6) is 0.123. The second-order valence-electron chi connectivity index (χ2n) is 5.71. The molecule has 0 heterocycles. The number of aliphatic hydroxyl groups excluding tert-OH is 1. The van der Waals surface area contributed by atoms with Crippen LogP contribution in [0.25, 0.3) is 0 Å². The van der Waals surface area contributed by atoms with Crippen LogP contribution in [0.5, 0.6) is 0 Å². The maximum absolute atomic E-state index is 10.6. The fraction of sp³-hybridized carbons (Fsp3) is 0.733. The van der Waals surface area contributed by atoms with Gasteiger partial charge >= 0.3 is 0 Å². The van der Waals surface area contributed by atoms with Crippen molar-refractivity contribution in [2.75, 3.05) is 0 Å². The highest BCUT2D eigenvalue weighted by Crippen LogP contribution is 2.36. The van der Waals surface area contributed by atoms with Gasteiger partial charge in [-0.25, -0.2) is 0 Å². The third-order valence-electron chi connectivity index (χ3n) is 3.88. The lowest BCUT2D eigenvalue weighted by Gasteiger charge is -2.40. The molecule has 0 saturated carbocycles. The Kier molecular flexibility index (Phi) is 4.96. The van der Waals surface area contributed by atoms with Gasteiger partial charge in [-0.3, -0.25) is 0 Å². The van der Waals surface area contributed by atoms with E-state index in [0.717, 1.165) is 19.3 Å². The lowest BCUT2D eigenvalue weighted by molar-refractivity contribution is -0.101. The van der Waals surface area contributed by atoms with Crippen molar-refractivity contribution in [3.63, 3.8) is 0 Å². The third-order valence-corrected chi connectivity index (χ3v) is 3.88. The first-order valence-electron chi connectivity index (χ1n) is 6.57. The summed E-state index contributed by atoms with van der Waals surface area (Å²) in [6.07, 6.45) is 6.75. The molecular weight excluding hydrogens is 212 g/mol. The van der Waals surface area contributed by atoms with Gasteiger partial charge in [0.1, 0.15) is 6.10 Å². The van der Waals surface area contributed by atoms with Crippen LogP contribution in [0.2, 0.25) is 0 Å². The Bertz CT molecular complexity index is 313. The molecular formula is C15H26O2. The summed E-state index contributed by atoms with van der Waals surface area (Å²) in [4.78, 5) is 0. The zero-order valence-electron chi connectivity index (χ0n) is 11.5. The topological polar surface area (TPSA) is 40.5 Å². The van der Waals surface area contributed by atoms with Gasteiger partial charge in [0.25, 0.3) is 0 Å². The van der Waals surface area contributed by atoms with E-state index in [-0.39, 0.29) is 5.92 Å². The molecule has 1 rings (SSSR count). The van der Waals surface area contributed by atoms with Crippen molar-refractivity contribution in [1.82, 2.24) is 0 Å². The predicted molar refractivity (Wildman–Crippen MR) is 71.8 cm³/mol. The van der Waals surface area contributed by atoms with E-state index in [1.807, 2.05) is 13.8 Å². The summed E-state index contributed by atoms with van der Waals surface area (Å²) >= 11 is 0. The monoisotopic (exact) mass is 238 g/mol. The molecule has 0 bridgehead atoms. The second-order valence-corrected chi connectivity index (χ2v) is 5.71. The van der Waals surface area contributed by atoms with Crippen LogP contribution >= 0.6 is 0 Å². The number of hydrogen-bond donors (Lipinski definition) is 2. The van der Waals surface area contributed by atoms with Crippen molar-refractivity contribution in [3.8, 4) is 0 Å². The van der Waals surface area contributed by atoms with Crippen molar-refractivity contribution in [3.05, 3.63) is 23.3 Å². The number of rotatable bonds is 4. The SMILES string of the molecule is CC(C)=CCCC(C)C1(O)CCC(C)=CC1O. The molecule has 0 saturated heterocycles. The lowest BCUT2D eigenvalue weighted by Crippen LogP contribution is -2.48. The smallest absolute Gasteiger partial charge is 0.101 e. The Balaban J connectivity index is 2.61. The van der Waals surface area contributed by atoms with Crippen molar-refractivity contribution in [1.29, 1.82) is 0 Å². The lowest BCUT2D eigenvalue weighted by atomic mass is 9.74. The van der Waals surface area contributed by atoms with Gasteiger partial charge < -0.3 is 10.2 Å². The average molecular weight is 238 g/mol. The first-order valence-corrected chi connectivity index (χ1v) is 6.57. The van der Waals surface area contributed by atoms with E-state index in [1.165, 1.54) is 11.1 Å². The predicted octanol–water partition coefficient (Wildman–Crippen LogP) is 3.20. The van der Waals surface area contributed by atoms with Crippen molar-refractivity contribution < 1.29 is 10.2 Å². The highest BCUT2D eigenvalue weighted by Gasteiger charge is 2.41. The fourth-order valence-electron chi connectivity index (χ4n) is 2.45. The Hall–Kier alpha value is -0.600. The zero-order valence-corrected chi connectivity index (χ0v) is 11.5. The molecule has 17 heavy (non-hydrogen) atoms. The van der Waals surface area contributed by atoms with E-state index in [1.54, 1.807) is 6.08 Å². The van der Waals surface area contributed by atoms with E-state index >= 15 is 0 Å². The molecule has 1 aliphatic carbocycles. The minimum Gasteiger partial charge on any atom is -0.387 e.